The number of ether oxygens (including phenoxy) is 2. The molecule has 0 atom stereocenters. The number of hydrogen-bond acceptors (Lipinski definition) is 6. The smallest absolute Gasteiger partial charge is 0.243 e. The van der Waals surface area contributed by atoms with Crippen LogP contribution in [0.2, 0.25) is 0 Å². The Balaban J connectivity index is 1.92. The average Bonchev–Trinajstić information content (AvgIpc) is 2.84. The van der Waals surface area contributed by atoms with Crippen molar-refractivity contribution in [1.29, 1.82) is 0 Å². The van der Waals surface area contributed by atoms with Gasteiger partial charge in [0.1, 0.15) is 0 Å². The van der Waals surface area contributed by atoms with Crippen molar-refractivity contribution >= 4 is 11.9 Å². The summed E-state index contributed by atoms with van der Waals surface area (Å²) in [6.07, 6.45) is 0.814. The molecule has 0 saturated heterocycles. The molecule has 7 nitrogen and oxygen atoms in total. The Morgan fingerprint density at radius 1 is 1.26 bits per heavy atom. The summed E-state index contributed by atoms with van der Waals surface area (Å²) in [6, 6.07) is 5.83. The first-order valence-electron chi connectivity index (χ1n) is 5.85. The first kappa shape index (κ1) is 13.0. The lowest BCUT2D eigenvalue weighted by atomic mass is 10.1. The highest BCUT2D eigenvalue weighted by molar-refractivity contribution is 5.43. The lowest BCUT2D eigenvalue weighted by Gasteiger charge is -2.09. The van der Waals surface area contributed by atoms with Crippen LogP contribution < -0.4 is 20.5 Å². The number of aromatic amines is 1. The molecule has 0 bridgehead atoms. The van der Waals surface area contributed by atoms with Crippen LogP contribution in [0, 0.1) is 0 Å². The molecule has 0 amide bonds. The van der Waals surface area contributed by atoms with E-state index in [1.54, 1.807) is 14.2 Å². The van der Waals surface area contributed by atoms with E-state index < -0.39 is 0 Å². The number of hydrogen-bond donors (Lipinski definition) is 3. The minimum Gasteiger partial charge on any atom is -0.493 e. The Labute approximate surface area is 111 Å². The molecule has 0 unspecified atom stereocenters. The number of aromatic nitrogens is 3. The lowest BCUT2D eigenvalue weighted by Crippen LogP contribution is -2.06. The van der Waals surface area contributed by atoms with Crippen molar-refractivity contribution in [2.24, 2.45) is 0 Å². The van der Waals surface area contributed by atoms with Crippen LogP contribution in [0.5, 0.6) is 11.5 Å². The van der Waals surface area contributed by atoms with Crippen molar-refractivity contribution in [3.8, 4) is 11.5 Å². The number of nitrogen functional groups attached to an aromatic ring is 1. The number of benzene rings is 1. The third-order valence-corrected chi connectivity index (χ3v) is 2.65. The van der Waals surface area contributed by atoms with Gasteiger partial charge < -0.3 is 20.5 Å². The van der Waals surface area contributed by atoms with Gasteiger partial charge in [0.2, 0.25) is 11.9 Å². The lowest BCUT2D eigenvalue weighted by molar-refractivity contribution is 0.354. The minimum atomic E-state index is 0.300. The molecule has 0 radical (unpaired) electrons. The Morgan fingerprint density at radius 2 is 2.05 bits per heavy atom. The molecular formula is C12H17N5O2. The topological polar surface area (TPSA) is 98.1 Å². The first-order valence-corrected chi connectivity index (χ1v) is 5.85. The molecule has 1 aromatic carbocycles. The van der Waals surface area contributed by atoms with Gasteiger partial charge in [0.25, 0.3) is 0 Å². The van der Waals surface area contributed by atoms with Gasteiger partial charge in [-0.3, -0.25) is 0 Å². The third-order valence-electron chi connectivity index (χ3n) is 2.65. The number of rotatable bonds is 6. The summed E-state index contributed by atoms with van der Waals surface area (Å²) in [5.41, 5.74) is 6.56. The monoisotopic (exact) mass is 263 g/mol. The molecule has 2 rings (SSSR count). The van der Waals surface area contributed by atoms with Gasteiger partial charge in [-0.1, -0.05) is 6.07 Å². The highest BCUT2D eigenvalue weighted by Crippen LogP contribution is 2.27. The minimum absolute atomic E-state index is 0.300. The van der Waals surface area contributed by atoms with Gasteiger partial charge in [-0.25, -0.2) is 5.10 Å². The van der Waals surface area contributed by atoms with E-state index in [4.69, 9.17) is 15.2 Å². The van der Waals surface area contributed by atoms with Crippen LogP contribution in [0.15, 0.2) is 18.2 Å². The van der Waals surface area contributed by atoms with E-state index in [9.17, 15) is 0 Å². The first-order chi connectivity index (χ1) is 9.22. The van der Waals surface area contributed by atoms with Crippen molar-refractivity contribution in [3.05, 3.63) is 23.8 Å². The van der Waals surface area contributed by atoms with Crippen LogP contribution in [-0.4, -0.2) is 35.9 Å². The molecule has 0 aliphatic rings. The number of nitrogens with two attached hydrogens (primary N) is 1. The normalized spacial score (nSPS) is 10.2. The molecule has 1 heterocycles. The summed E-state index contributed by atoms with van der Waals surface area (Å²) in [5.74, 6) is 2.25. The molecule has 1 aromatic heterocycles. The second-order valence-corrected chi connectivity index (χ2v) is 3.91. The summed E-state index contributed by atoms with van der Waals surface area (Å²) in [7, 11) is 3.24. The highest BCUT2D eigenvalue weighted by atomic mass is 16.5. The van der Waals surface area contributed by atoms with Crippen LogP contribution in [0.25, 0.3) is 0 Å². The van der Waals surface area contributed by atoms with E-state index in [0.717, 1.165) is 23.5 Å². The molecule has 0 aliphatic heterocycles. The van der Waals surface area contributed by atoms with Crippen LogP contribution in [-0.2, 0) is 6.42 Å². The standard InChI is InChI=1S/C12H17N5O2/c1-18-9-4-3-8(7-10(9)19-2)5-6-14-12-15-11(13)16-17-12/h3-4,7H,5-6H2,1-2H3,(H4,13,14,15,16,17). The van der Waals surface area contributed by atoms with Crippen molar-refractivity contribution in [2.45, 2.75) is 6.42 Å². The third kappa shape index (κ3) is 3.27. The zero-order valence-electron chi connectivity index (χ0n) is 10.9. The molecule has 2 aromatic rings. The van der Waals surface area contributed by atoms with Crippen LogP contribution in [0.4, 0.5) is 11.9 Å². The number of nitrogens with zero attached hydrogens (tertiary/aromatic N) is 2. The Bertz CT molecular complexity index is 541. The number of H-pyrrole nitrogens is 1. The Morgan fingerprint density at radius 3 is 2.68 bits per heavy atom. The number of anilines is 2. The van der Waals surface area contributed by atoms with Crippen molar-refractivity contribution in [3.63, 3.8) is 0 Å². The predicted molar refractivity (Wildman–Crippen MR) is 72.5 cm³/mol. The molecule has 0 aliphatic carbocycles. The second-order valence-electron chi connectivity index (χ2n) is 3.91. The number of methoxy groups -OCH3 is 2. The largest absolute Gasteiger partial charge is 0.493 e. The van der Waals surface area contributed by atoms with Crippen LogP contribution in [0.3, 0.4) is 0 Å². The maximum Gasteiger partial charge on any atom is 0.243 e. The quantitative estimate of drug-likeness (QED) is 0.721. The molecular weight excluding hydrogens is 246 g/mol. The fourth-order valence-electron chi connectivity index (χ4n) is 1.71. The van der Waals surface area contributed by atoms with E-state index in [2.05, 4.69) is 20.5 Å². The Hall–Kier alpha value is -2.44. The average molecular weight is 263 g/mol. The van der Waals surface area contributed by atoms with Crippen LogP contribution >= 0.6 is 0 Å². The Kier molecular flexibility index (Phi) is 4.07. The van der Waals surface area contributed by atoms with Gasteiger partial charge in [-0.05, 0) is 24.1 Å². The fraction of sp³-hybridized carbons (Fsp3) is 0.333. The maximum absolute atomic E-state index is 5.43. The zero-order valence-corrected chi connectivity index (χ0v) is 10.9. The molecule has 7 heteroatoms. The van der Waals surface area contributed by atoms with Gasteiger partial charge in [-0.2, -0.15) is 4.98 Å². The second kappa shape index (κ2) is 5.94. The van der Waals surface area contributed by atoms with Gasteiger partial charge >= 0.3 is 0 Å². The summed E-state index contributed by atoms with van der Waals surface area (Å²) in [5, 5.41) is 9.53. The van der Waals surface area contributed by atoms with E-state index in [-0.39, 0.29) is 0 Å². The zero-order chi connectivity index (χ0) is 13.7. The molecule has 102 valence electrons. The van der Waals surface area contributed by atoms with Crippen molar-refractivity contribution in [2.75, 3.05) is 31.8 Å². The molecule has 0 fully saturated rings. The van der Waals surface area contributed by atoms with Crippen molar-refractivity contribution in [1.82, 2.24) is 15.2 Å². The van der Waals surface area contributed by atoms with E-state index in [0.29, 0.717) is 18.4 Å². The highest BCUT2D eigenvalue weighted by Gasteiger charge is 2.05. The molecule has 0 saturated carbocycles. The predicted octanol–water partition coefficient (Wildman–Crippen LogP) is 1.06. The summed E-state index contributed by atoms with van der Waals surface area (Å²) in [4.78, 5) is 3.96. The summed E-state index contributed by atoms with van der Waals surface area (Å²) >= 11 is 0. The van der Waals surface area contributed by atoms with Crippen LogP contribution in [0.1, 0.15) is 5.56 Å². The van der Waals surface area contributed by atoms with Gasteiger partial charge in [0.05, 0.1) is 14.2 Å². The summed E-state index contributed by atoms with van der Waals surface area (Å²) < 4.78 is 10.4. The van der Waals surface area contributed by atoms with Gasteiger partial charge in [-0.15, -0.1) is 5.10 Å². The van der Waals surface area contributed by atoms with Crippen molar-refractivity contribution < 1.29 is 9.47 Å². The SMILES string of the molecule is COc1ccc(CCNc2n[nH]c(N)n2)cc1OC. The van der Waals surface area contributed by atoms with E-state index in [1.807, 2.05) is 18.2 Å². The molecule has 19 heavy (non-hydrogen) atoms. The molecule has 0 spiro atoms. The van der Waals surface area contributed by atoms with Gasteiger partial charge in [0, 0.05) is 6.54 Å². The maximum atomic E-state index is 5.43. The molecule has 4 N–H and O–H groups in total. The number of nitrogens with one attached hydrogen (secondary N) is 2. The van der Waals surface area contributed by atoms with Gasteiger partial charge in [0.15, 0.2) is 11.5 Å². The van der Waals surface area contributed by atoms with E-state index >= 15 is 0 Å². The fourth-order valence-corrected chi connectivity index (χ4v) is 1.71. The summed E-state index contributed by atoms with van der Waals surface area (Å²) in [6.45, 7) is 0.701. The van der Waals surface area contributed by atoms with E-state index in [1.165, 1.54) is 0 Å².